The summed E-state index contributed by atoms with van der Waals surface area (Å²) in [5, 5.41) is 18.6. The van der Waals surface area contributed by atoms with E-state index in [1.807, 2.05) is 0 Å². The van der Waals surface area contributed by atoms with Gasteiger partial charge in [0.05, 0.1) is 16.2 Å². The molecule has 28 heavy (non-hydrogen) atoms. The lowest BCUT2D eigenvalue weighted by Crippen LogP contribution is -2.47. The number of carboxylic acid groups (broad SMARTS) is 2. The zero-order valence-electron chi connectivity index (χ0n) is 14.9. The van der Waals surface area contributed by atoms with Gasteiger partial charge in [0.25, 0.3) is 11.8 Å². The Bertz CT molecular complexity index is 955. The van der Waals surface area contributed by atoms with Crippen LogP contribution in [0.1, 0.15) is 19.4 Å². The highest BCUT2D eigenvalue weighted by molar-refractivity contribution is 8.26. The van der Waals surface area contributed by atoms with Gasteiger partial charge in [0, 0.05) is 5.56 Å². The molecule has 10 heteroatoms. The van der Waals surface area contributed by atoms with Crippen LogP contribution in [-0.4, -0.2) is 55.8 Å². The minimum atomic E-state index is -1.19. The summed E-state index contributed by atoms with van der Waals surface area (Å²) in [6.07, 6.45) is 0. The summed E-state index contributed by atoms with van der Waals surface area (Å²) in [6.45, 7) is 2.77. The standard InChI is InChI=1S/C18H16N2O6S2/c1-8(2)13(17(25)26)20-16(24)14(28-18(20)27)12-9-5-3-4-6-10(9)19(15(12)23)7-11(21)22/h3-6,8,13H,7H2,1-2H3,(H,21,22)(H,25,26)/b14-12-/t13-/m0/s1. The van der Waals surface area contributed by atoms with E-state index in [4.69, 9.17) is 17.3 Å². The highest BCUT2D eigenvalue weighted by atomic mass is 32.2. The number of fused-ring (bicyclic) bond motifs is 1. The van der Waals surface area contributed by atoms with Gasteiger partial charge < -0.3 is 10.2 Å². The number of thioether (sulfide) groups is 1. The lowest BCUT2D eigenvalue weighted by molar-refractivity contribution is -0.146. The van der Waals surface area contributed by atoms with Crippen molar-refractivity contribution in [3.8, 4) is 0 Å². The first-order valence-electron chi connectivity index (χ1n) is 8.30. The van der Waals surface area contributed by atoms with Crippen molar-refractivity contribution in [2.45, 2.75) is 19.9 Å². The third-order valence-corrected chi connectivity index (χ3v) is 5.81. The number of hydrogen-bond acceptors (Lipinski definition) is 6. The van der Waals surface area contributed by atoms with Crippen LogP contribution in [0.4, 0.5) is 5.69 Å². The van der Waals surface area contributed by atoms with Crippen LogP contribution in [0.5, 0.6) is 0 Å². The van der Waals surface area contributed by atoms with Gasteiger partial charge >= 0.3 is 11.9 Å². The van der Waals surface area contributed by atoms with Gasteiger partial charge in [-0.2, -0.15) is 0 Å². The predicted molar refractivity (Wildman–Crippen MR) is 107 cm³/mol. The second-order valence-corrected chi connectivity index (χ2v) is 8.22. The number of thiocarbonyl (C=S) groups is 1. The number of anilines is 1. The maximum Gasteiger partial charge on any atom is 0.327 e. The number of para-hydroxylation sites is 1. The zero-order valence-corrected chi connectivity index (χ0v) is 16.5. The van der Waals surface area contributed by atoms with Crippen molar-refractivity contribution in [2.24, 2.45) is 5.92 Å². The van der Waals surface area contributed by atoms with E-state index in [1.54, 1.807) is 38.1 Å². The van der Waals surface area contributed by atoms with Crippen LogP contribution in [0.2, 0.25) is 0 Å². The molecule has 2 heterocycles. The third-order valence-electron chi connectivity index (χ3n) is 4.41. The number of carbonyl (C=O) groups excluding carboxylic acids is 2. The van der Waals surface area contributed by atoms with Crippen LogP contribution >= 0.6 is 24.0 Å². The second kappa shape index (κ2) is 7.36. The Kier molecular flexibility index (Phi) is 5.26. The molecule has 2 aliphatic rings. The third kappa shape index (κ3) is 3.18. The number of hydrogen-bond donors (Lipinski definition) is 2. The van der Waals surface area contributed by atoms with Crippen LogP contribution in [0.3, 0.4) is 0 Å². The molecule has 0 unspecified atom stereocenters. The number of aliphatic carboxylic acids is 2. The number of benzene rings is 1. The van der Waals surface area contributed by atoms with E-state index in [0.29, 0.717) is 11.3 Å². The number of rotatable bonds is 5. The first-order chi connectivity index (χ1) is 13.1. The summed E-state index contributed by atoms with van der Waals surface area (Å²) in [4.78, 5) is 50.9. The van der Waals surface area contributed by atoms with Crippen molar-refractivity contribution in [3.05, 3.63) is 34.7 Å². The molecular weight excluding hydrogens is 404 g/mol. The Morgan fingerprint density at radius 3 is 2.36 bits per heavy atom. The summed E-state index contributed by atoms with van der Waals surface area (Å²) < 4.78 is 0.0514. The predicted octanol–water partition coefficient (Wildman–Crippen LogP) is 1.80. The largest absolute Gasteiger partial charge is 0.480 e. The van der Waals surface area contributed by atoms with Crippen LogP contribution < -0.4 is 4.90 Å². The molecule has 1 aromatic carbocycles. The van der Waals surface area contributed by atoms with Gasteiger partial charge in [-0.25, -0.2) is 4.79 Å². The van der Waals surface area contributed by atoms with Crippen LogP contribution in [0.15, 0.2) is 29.2 Å². The smallest absolute Gasteiger partial charge is 0.327 e. The molecule has 3 rings (SSSR count). The van der Waals surface area contributed by atoms with Gasteiger partial charge in [-0.05, 0) is 12.0 Å². The number of carboxylic acids is 2. The highest BCUT2D eigenvalue weighted by Gasteiger charge is 2.46. The monoisotopic (exact) mass is 420 g/mol. The first-order valence-corrected chi connectivity index (χ1v) is 9.53. The zero-order chi connectivity index (χ0) is 20.7. The molecule has 0 spiro atoms. The molecule has 2 N–H and O–H groups in total. The Morgan fingerprint density at radius 1 is 1.14 bits per heavy atom. The van der Waals surface area contributed by atoms with Crippen molar-refractivity contribution in [1.82, 2.24) is 4.90 Å². The van der Waals surface area contributed by atoms with E-state index >= 15 is 0 Å². The molecule has 0 bridgehead atoms. The normalized spacial score (nSPS) is 20.2. The molecule has 146 valence electrons. The quantitative estimate of drug-likeness (QED) is 0.547. The van der Waals surface area contributed by atoms with Crippen molar-refractivity contribution < 1.29 is 29.4 Å². The van der Waals surface area contributed by atoms with Gasteiger partial charge in [-0.3, -0.25) is 24.2 Å². The van der Waals surface area contributed by atoms with Crippen molar-refractivity contribution in [3.63, 3.8) is 0 Å². The summed E-state index contributed by atoms with van der Waals surface area (Å²) in [7, 11) is 0. The summed E-state index contributed by atoms with van der Waals surface area (Å²) in [5.74, 6) is -4.07. The Balaban J connectivity index is 2.12. The van der Waals surface area contributed by atoms with E-state index in [9.17, 15) is 24.3 Å². The summed E-state index contributed by atoms with van der Waals surface area (Å²) in [5.41, 5.74) is 0.851. The van der Waals surface area contributed by atoms with Crippen molar-refractivity contribution in [1.29, 1.82) is 0 Å². The molecule has 0 saturated carbocycles. The topological polar surface area (TPSA) is 115 Å². The lowest BCUT2D eigenvalue weighted by atomic mass is 10.0. The van der Waals surface area contributed by atoms with Gasteiger partial charge in [-0.15, -0.1) is 0 Å². The fraction of sp³-hybridized carbons (Fsp3) is 0.278. The molecule has 1 saturated heterocycles. The molecule has 0 aliphatic carbocycles. The van der Waals surface area contributed by atoms with E-state index in [1.165, 1.54) is 0 Å². The highest BCUT2D eigenvalue weighted by Crippen LogP contribution is 2.45. The van der Waals surface area contributed by atoms with E-state index in [2.05, 4.69) is 0 Å². The molecule has 1 aromatic rings. The van der Waals surface area contributed by atoms with Gasteiger partial charge in [0.2, 0.25) is 0 Å². The fourth-order valence-electron chi connectivity index (χ4n) is 3.26. The van der Waals surface area contributed by atoms with E-state index in [0.717, 1.165) is 21.6 Å². The first kappa shape index (κ1) is 20.0. The van der Waals surface area contributed by atoms with Gasteiger partial charge in [0.1, 0.15) is 16.9 Å². The maximum absolute atomic E-state index is 13.0. The average Bonchev–Trinajstić information content (AvgIpc) is 3.03. The molecule has 8 nitrogen and oxygen atoms in total. The van der Waals surface area contributed by atoms with Crippen LogP contribution in [0, 0.1) is 5.92 Å². The summed E-state index contributed by atoms with van der Waals surface area (Å²) >= 11 is 6.09. The molecule has 2 amide bonds. The molecule has 2 aliphatic heterocycles. The second-order valence-electron chi connectivity index (χ2n) is 6.58. The molecule has 1 atom stereocenters. The van der Waals surface area contributed by atoms with E-state index < -0.39 is 42.3 Å². The van der Waals surface area contributed by atoms with Crippen LogP contribution in [0.25, 0.3) is 5.57 Å². The molecule has 0 aromatic heterocycles. The fourth-order valence-corrected chi connectivity index (χ4v) is 4.66. The maximum atomic E-state index is 13.0. The Labute approximate surface area is 169 Å². The number of carbonyl (C=O) groups is 4. The SMILES string of the molecule is CC(C)[C@@H](C(=O)O)N1C(=O)/C(=C2/C(=O)N(CC(=O)O)c3ccccc32)SC1=S. The minimum absolute atomic E-state index is 0.0160. The van der Waals surface area contributed by atoms with Crippen molar-refractivity contribution >= 4 is 63.3 Å². The Morgan fingerprint density at radius 2 is 1.79 bits per heavy atom. The molecule has 1 fully saturated rings. The minimum Gasteiger partial charge on any atom is -0.480 e. The molecule has 0 radical (unpaired) electrons. The van der Waals surface area contributed by atoms with Crippen LogP contribution in [-0.2, 0) is 19.2 Å². The number of nitrogens with zero attached hydrogens (tertiary/aromatic N) is 2. The Hall–Kier alpha value is -2.72. The van der Waals surface area contributed by atoms with Crippen molar-refractivity contribution in [2.75, 3.05) is 11.4 Å². The summed E-state index contributed by atoms with van der Waals surface area (Å²) in [6, 6.07) is 5.39. The van der Waals surface area contributed by atoms with E-state index in [-0.39, 0.29) is 14.8 Å². The van der Waals surface area contributed by atoms with Gasteiger partial charge in [0.15, 0.2) is 0 Å². The number of amides is 2. The average molecular weight is 420 g/mol. The lowest BCUT2D eigenvalue weighted by Gasteiger charge is -2.26. The van der Waals surface area contributed by atoms with Gasteiger partial charge in [-0.1, -0.05) is 56.0 Å². The molecular formula is C18H16N2O6S2.